The van der Waals surface area contributed by atoms with Gasteiger partial charge in [-0.3, -0.25) is 4.18 Å². The molecular weight excluding hydrogens is 212 g/mol. The van der Waals surface area contributed by atoms with Crippen LogP contribution in [-0.4, -0.2) is 33.2 Å². The predicted molar refractivity (Wildman–Crippen MR) is 45.9 cm³/mol. The van der Waals surface area contributed by atoms with Crippen molar-refractivity contribution in [2.24, 2.45) is 0 Å². The van der Waals surface area contributed by atoms with E-state index < -0.39 is 21.7 Å². The van der Waals surface area contributed by atoms with Gasteiger partial charge in [-0.15, -0.1) is 0 Å². The Kier molecular flexibility index (Phi) is 3.48. The molecule has 1 fully saturated rings. The lowest BCUT2D eigenvalue weighted by Crippen LogP contribution is -2.23. The third-order valence-electron chi connectivity index (χ3n) is 1.47. The first-order valence-electron chi connectivity index (χ1n) is 3.89. The summed E-state index contributed by atoms with van der Waals surface area (Å²) >= 11 is 0. The Balaban J connectivity index is 2.44. The van der Waals surface area contributed by atoms with Crippen LogP contribution in [0.25, 0.3) is 0 Å². The maximum absolute atomic E-state index is 11.0. The fourth-order valence-corrected chi connectivity index (χ4v) is 1.93. The SMILES string of the molecule is C=CCOC(=O)OC1CCOS1(=O)=O. The molecule has 7 heteroatoms. The molecule has 1 aliphatic heterocycles. The van der Waals surface area contributed by atoms with Crippen molar-refractivity contribution in [3.05, 3.63) is 12.7 Å². The molecule has 0 bridgehead atoms. The summed E-state index contributed by atoms with van der Waals surface area (Å²) in [5.74, 6) is 0. The minimum absolute atomic E-state index is 0.0214. The highest BCUT2D eigenvalue weighted by molar-refractivity contribution is 7.87. The summed E-state index contributed by atoms with van der Waals surface area (Å²) < 4.78 is 35.3. The molecule has 0 radical (unpaired) electrons. The lowest BCUT2D eigenvalue weighted by atomic mass is 10.5. The first-order chi connectivity index (χ1) is 6.56. The van der Waals surface area contributed by atoms with Gasteiger partial charge in [0.05, 0.1) is 6.61 Å². The van der Waals surface area contributed by atoms with Crippen molar-refractivity contribution in [3.63, 3.8) is 0 Å². The van der Waals surface area contributed by atoms with E-state index in [9.17, 15) is 13.2 Å². The highest BCUT2D eigenvalue weighted by Gasteiger charge is 2.36. The lowest BCUT2D eigenvalue weighted by molar-refractivity contribution is 0.0531. The first-order valence-corrected chi connectivity index (χ1v) is 5.36. The molecule has 1 rings (SSSR count). The van der Waals surface area contributed by atoms with Crippen LogP contribution in [0.5, 0.6) is 0 Å². The van der Waals surface area contributed by atoms with Crippen LogP contribution in [0.15, 0.2) is 12.7 Å². The van der Waals surface area contributed by atoms with E-state index >= 15 is 0 Å². The molecule has 0 aromatic carbocycles. The fraction of sp³-hybridized carbons (Fsp3) is 0.571. The van der Waals surface area contributed by atoms with Gasteiger partial charge in [0.25, 0.3) is 0 Å². The minimum atomic E-state index is -3.76. The van der Waals surface area contributed by atoms with Gasteiger partial charge in [0.2, 0.25) is 5.44 Å². The van der Waals surface area contributed by atoms with Crippen LogP contribution in [0.1, 0.15) is 6.42 Å². The van der Waals surface area contributed by atoms with Crippen molar-refractivity contribution >= 4 is 16.3 Å². The van der Waals surface area contributed by atoms with Crippen LogP contribution in [0.3, 0.4) is 0 Å². The third-order valence-corrected chi connectivity index (χ3v) is 2.94. The van der Waals surface area contributed by atoms with Gasteiger partial charge in [-0.1, -0.05) is 12.7 Å². The molecule has 1 unspecified atom stereocenters. The Hall–Kier alpha value is -1.08. The van der Waals surface area contributed by atoms with Gasteiger partial charge in [0, 0.05) is 6.42 Å². The van der Waals surface area contributed by atoms with Gasteiger partial charge in [0.15, 0.2) is 0 Å². The number of hydrogen-bond donors (Lipinski definition) is 0. The summed E-state index contributed by atoms with van der Waals surface area (Å²) in [6.07, 6.45) is 0.441. The van der Waals surface area contributed by atoms with Crippen LogP contribution < -0.4 is 0 Å². The van der Waals surface area contributed by atoms with Gasteiger partial charge >= 0.3 is 16.3 Å². The number of hydrogen-bond acceptors (Lipinski definition) is 6. The van der Waals surface area contributed by atoms with Gasteiger partial charge in [-0.2, -0.15) is 8.42 Å². The Morgan fingerprint density at radius 3 is 2.86 bits per heavy atom. The molecule has 1 atom stereocenters. The minimum Gasteiger partial charge on any atom is -0.430 e. The smallest absolute Gasteiger partial charge is 0.430 e. The monoisotopic (exact) mass is 222 g/mol. The maximum atomic E-state index is 11.0. The maximum Gasteiger partial charge on any atom is 0.509 e. The number of carbonyl (C=O) groups is 1. The first kappa shape index (κ1) is 11.0. The van der Waals surface area contributed by atoms with E-state index in [0.29, 0.717) is 0 Å². The molecule has 0 aliphatic carbocycles. The molecule has 1 heterocycles. The topological polar surface area (TPSA) is 78.9 Å². The molecule has 1 saturated heterocycles. The molecule has 0 N–H and O–H groups in total. The summed E-state index contributed by atoms with van der Waals surface area (Å²) in [5, 5.41) is 0. The average Bonchev–Trinajstić information content (AvgIpc) is 2.43. The van der Waals surface area contributed by atoms with E-state index in [1.165, 1.54) is 6.08 Å². The Morgan fingerprint density at radius 1 is 1.64 bits per heavy atom. The molecule has 0 aromatic rings. The van der Waals surface area contributed by atoms with Crippen molar-refractivity contribution in [3.8, 4) is 0 Å². The number of carbonyl (C=O) groups excluding carboxylic acids is 1. The van der Waals surface area contributed by atoms with Crippen molar-refractivity contribution in [1.29, 1.82) is 0 Å². The van der Waals surface area contributed by atoms with Crippen molar-refractivity contribution in [2.45, 2.75) is 11.9 Å². The zero-order chi connectivity index (χ0) is 10.6. The van der Waals surface area contributed by atoms with Crippen LogP contribution in [0, 0.1) is 0 Å². The third kappa shape index (κ3) is 2.71. The summed E-state index contributed by atoms with van der Waals surface area (Å²) in [6, 6.07) is 0. The second-order valence-electron chi connectivity index (χ2n) is 2.50. The van der Waals surface area contributed by atoms with Gasteiger partial charge in [-0.05, 0) is 0 Å². The molecule has 6 nitrogen and oxygen atoms in total. The molecule has 14 heavy (non-hydrogen) atoms. The quantitative estimate of drug-likeness (QED) is 0.390. The zero-order valence-electron chi connectivity index (χ0n) is 7.34. The summed E-state index contributed by atoms with van der Waals surface area (Å²) in [5.41, 5.74) is -1.25. The van der Waals surface area contributed by atoms with Crippen LogP contribution in [0.4, 0.5) is 4.79 Å². The van der Waals surface area contributed by atoms with E-state index in [4.69, 9.17) is 0 Å². The summed E-state index contributed by atoms with van der Waals surface area (Å²) in [6.45, 7) is 3.33. The number of ether oxygens (including phenoxy) is 2. The fourth-order valence-electron chi connectivity index (χ4n) is 0.867. The molecule has 0 spiro atoms. The highest BCUT2D eigenvalue weighted by atomic mass is 32.2. The Labute approximate surface area is 81.6 Å². The molecule has 1 aliphatic rings. The zero-order valence-corrected chi connectivity index (χ0v) is 8.16. The Morgan fingerprint density at radius 2 is 2.36 bits per heavy atom. The lowest BCUT2D eigenvalue weighted by Gasteiger charge is -2.08. The van der Waals surface area contributed by atoms with Crippen LogP contribution >= 0.6 is 0 Å². The van der Waals surface area contributed by atoms with E-state index in [1.807, 2.05) is 0 Å². The second kappa shape index (κ2) is 4.43. The van der Waals surface area contributed by atoms with Crippen LogP contribution in [0.2, 0.25) is 0 Å². The van der Waals surface area contributed by atoms with Crippen molar-refractivity contribution in [2.75, 3.05) is 13.2 Å². The van der Waals surface area contributed by atoms with Gasteiger partial charge in [0.1, 0.15) is 6.61 Å². The summed E-state index contributed by atoms with van der Waals surface area (Å²) in [4.78, 5) is 10.8. The van der Waals surface area contributed by atoms with E-state index in [-0.39, 0.29) is 19.6 Å². The molecule has 0 saturated carbocycles. The largest absolute Gasteiger partial charge is 0.509 e. The van der Waals surface area contributed by atoms with E-state index in [0.717, 1.165) is 0 Å². The molecular formula is C7H10O6S. The molecule has 0 aromatic heterocycles. The Bertz CT molecular complexity index is 319. The second-order valence-corrected chi connectivity index (χ2v) is 4.25. The van der Waals surface area contributed by atoms with E-state index in [2.05, 4.69) is 20.2 Å². The van der Waals surface area contributed by atoms with Crippen LogP contribution in [-0.2, 0) is 23.8 Å². The van der Waals surface area contributed by atoms with Crippen molar-refractivity contribution < 1.29 is 26.9 Å². The average molecular weight is 222 g/mol. The summed E-state index contributed by atoms with van der Waals surface area (Å²) in [7, 11) is -3.76. The van der Waals surface area contributed by atoms with Gasteiger partial charge < -0.3 is 9.47 Å². The van der Waals surface area contributed by atoms with Crippen molar-refractivity contribution in [1.82, 2.24) is 0 Å². The van der Waals surface area contributed by atoms with Gasteiger partial charge in [-0.25, -0.2) is 4.79 Å². The van der Waals surface area contributed by atoms with E-state index in [1.54, 1.807) is 0 Å². The molecule has 80 valence electrons. The predicted octanol–water partition coefficient (Wildman–Crippen LogP) is 0.402. The number of rotatable bonds is 3. The standard InChI is InChI=1S/C7H10O6S/c1-2-4-11-7(8)13-6-3-5-12-14(6,9)10/h2,6H,1,3-5H2. The molecule has 0 amide bonds. The highest BCUT2D eigenvalue weighted by Crippen LogP contribution is 2.18. The normalized spacial score (nSPS) is 24.1.